The highest BCUT2D eigenvalue weighted by Gasteiger charge is 2.29. The predicted molar refractivity (Wildman–Crippen MR) is 139 cm³/mol. The van der Waals surface area contributed by atoms with Gasteiger partial charge in [-0.1, -0.05) is 17.8 Å². The number of nitrogens with zero attached hydrogens (tertiary/aromatic N) is 3. The summed E-state index contributed by atoms with van der Waals surface area (Å²) in [5.41, 5.74) is 3.67. The average Bonchev–Trinajstić information content (AvgIpc) is 3.53. The van der Waals surface area contributed by atoms with Crippen LogP contribution in [0.5, 0.6) is 0 Å². The zero-order valence-corrected chi connectivity index (χ0v) is 21.8. The molecular formula is C26H31N3O4S2. The van der Waals surface area contributed by atoms with Crippen LogP contribution in [0.25, 0.3) is 10.2 Å². The highest BCUT2D eigenvalue weighted by Crippen LogP contribution is 2.33. The lowest BCUT2D eigenvalue weighted by molar-refractivity contribution is 0.0917. The van der Waals surface area contributed by atoms with Gasteiger partial charge >= 0.3 is 0 Å². The van der Waals surface area contributed by atoms with Crippen LogP contribution in [0, 0.1) is 13.8 Å². The lowest BCUT2D eigenvalue weighted by atomic mass is 10.1. The molecule has 2 fully saturated rings. The number of hydrogen-bond acceptors (Lipinski definition) is 6. The molecule has 0 saturated carbocycles. The molecule has 0 N–H and O–H groups in total. The molecule has 0 radical (unpaired) electrons. The minimum Gasteiger partial charge on any atom is -0.376 e. The number of thiazole rings is 1. The number of anilines is 1. The van der Waals surface area contributed by atoms with Crippen molar-refractivity contribution in [2.24, 2.45) is 0 Å². The molecule has 1 aromatic heterocycles. The van der Waals surface area contributed by atoms with Crippen molar-refractivity contribution in [3.63, 3.8) is 0 Å². The Hall–Kier alpha value is -2.33. The van der Waals surface area contributed by atoms with Gasteiger partial charge in [-0.2, -0.15) is 4.31 Å². The van der Waals surface area contributed by atoms with E-state index in [1.807, 2.05) is 0 Å². The van der Waals surface area contributed by atoms with Crippen LogP contribution < -0.4 is 4.90 Å². The zero-order valence-electron chi connectivity index (χ0n) is 20.2. The molecule has 0 bridgehead atoms. The fraction of sp³-hybridized carbons (Fsp3) is 0.462. The summed E-state index contributed by atoms with van der Waals surface area (Å²) in [6.45, 7) is 6.35. The molecule has 9 heteroatoms. The Balaban J connectivity index is 1.44. The molecule has 35 heavy (non-hydrogen) atoms. The third kappa shape index (κ3) is 5.00. The van der Waals surface area contributed by atoms with Crippen LogP contribution in [0.4, 0.5) is 5.13 Å². The summed E-state index contributed by atoms with van der Waals surface area (Å²) in [6.07, 6.45) is 4.68. The lowest BCUT2D eigenvalue weighted by Gasteiger charge is -2.26. The smallest absolute Gasteiger partial charge is 0.260 e. The molecule has 3 heterocycles. The predicted octanol–water partition coefficient (Wildman–Crippen LogP) is 4.91. The Morgan fingerprint density at radius 2 is 1.80 bits per heavy atom. The summed E-state index contributed by atoms with van der Waals surface area (Å²) in [5.74, 6) is -0.199. The van der Waals surface area contributed by atoms with Crippen molar-refractivity contribution in [2.45, 2.75) is 57.0 Å². The van der Waals surface area contributed by atoms with E-state index in [2.05, 4.69) is 26.0 Å². The number of sulfonamides is 1. The maximum absolute atomic E-state index is 13.7. The number of hydrogen-bond donors (Lipinski definition) is 0. The van der Waals surface area contributed by atoms with Crippen LogP contribution in [0.3, 0.4) is 0 Å². The molecule has 2 aromatic carbocycles. The zero-order chi connectivity index (χ0) is 24.6. The van der Waals surface area contributed by atoms with E-state index in [9.17, 15) is 13.2 Å². The van der Waals surface area contributed by atoms with Gasteiger partial charge in [-0.3, -0.25) is 9.69 Å². The van der Waals surface area contributed by atoms with Crippen LogP contribution in [0.15, 0.2) is 41.3 Å². The normalized spacial score (nSPS) is 19.3. The minimum atomic E-state index is -3.54. The van der Waals surface area contributed by atoms with Crippen LogP contribution >= 0.6 is 11.3 Å². The quantitative estimate of drug-likeness (QED) is 0.468. The van der Waals surface area contributed by atoms with Crippen molar-refractivity contribution >= 4 is 42.6 Å². The van der Waals surface area contributed by atoms with Gasteiger partial charge in [0, 0.05) is 25.3 Å². The summed E-state index contributed by atoms with van der Waals surface area (Å²) < 4.78 is 34.4. The summed E-state index contributed by atoms with van der Waals surface area (Å²) >= 11 is 1.50. The van der Waals surface area contributed by atoms with Gasteiger partial charge in [0.15, 0.2) is 5.13 Å². The number of aryl methyl sites for hydroxylation is 2. The van der Waals surface area contributed by atoms with Gasteiger partial charge in [0.05, 0.1) is 27.8 Å². The van der Waals surface area contributed by atoms with Gasteiger partial charge in [0.1, 0.15) is 0 Å². The van der Waals surface area contributed by atoms with Gasteiger partial charge in [-0.25, -0.2) is 13.4 Å². The fourth-order valence-electron chi connectivity index (χ4n) is 4.70. The number of carbonyl (C=O) groups excluding carboxylic acids is 1. The number of ether oxygens (including phenoxy) is 1. The van der Waals surface area contributed by atoms with Crippen molar-refractivity contribution in [2.75, 3.05) is 31.1 Å². The Morgan fingerprint density at radius 3 is 2.49 bits per heavy atom. The summed E-state index contributed by atoms with van der Waals surface area (Å²) in [7, 11) is -3.54. The SMILES string of the molecule is Cc1cc2nc(N(CC3CCCO3)C(=O)c3ccc(S(=O)(=O)N4CCCCC4)cc3)sc2cc1C. The van der Waals surface area contributed by atoms with E-state index in [4.69, 9.17) is 9.72 Å². The van der Waals surface area contributed by atoms with Gasteiger partial charge in [0.2, 0.25) is 10.0 Å². The summed E-state index contributed by atoms with van der Waals surface area (Å²) in [6, 6.07) is 10.5. The largest absolute Gasteiger partial charge is 0.376 e. The molecule has 0 spiro atoms. The van der Waals surface area contributed by atoms with Crippen molar-refractivity contribution in [1.29, 1.82) is 0 Å². The second-order valence-corrected chi connectivity index (χ2v) is 12.4. The second-order valence-electron chi connectivity index (χ2n) is 9.44. The Labute approximate surface area is 210 Å². The number of amides is 1. The molecule has 1 unspecified atom stereocenters. The highest BCUT2D eigenvalue weighted by molar-refractivity contribution is 7.89. The van der Waals surface area contributed by atoms with Crippen LogP contribution in [-0.2, 0) is 14.8 Å². The van der Waals surface area contributed by atoms with Gasteiger partial charge in [-0.15, -0.1) is 0 Å². The Morgan fingerprint density at radius 1 is 1.09 bits per heavy atom. The molecule has 2 aliphatic heterocycles. The van der Waals surface area contributed by atoms with Crippen molar-refractivity contribution < 1.29 is 17.9 Å². The number of rotatable bonds is 6. The van der Waals surface area contributed by atoms with E-state index in [-0.39, 0.29) is 16.9 Å². The van der Waals surface area contributed by atoms with Gasteiger partial charge in [0.25, 0.3) is 5.91 Å². The van der Waals surface area contributed by atoms with Crippen molar-refractivity contribution in [3.8, 4) is 0 Å². The number of carbonyl (C=O) groups is 1. The van der Waals surface area contributed by atoms with Crippen LogP contribution in [0.2, 0.25) is 0 Å². The highest BCUT2D eigenvalue weighted by atomic mass is 32.2. The summed E-state index contributed by atoms with van der Waals surface area (Å²) in [5, 5.41) is 0.635. The second kappa shape index (κ2) is 9.97. The van der Waals surface area contributed by atoms with Crippen molar-refractivity contribution in [1.82, 2.24) is 9.29 Å². The maximum Gasteiger partial charge on any atom is 0.260 e. The van der Waals surface area contributed by atoms with E-state index in [0.717, 1.165) is 47.9 Å². The molecule has 0 aliphatic carbocycles. The first-order chi connectivity index (χ1) is 16.8. The molecule has 186 valence electrons. The molecule has 2 aliphatic rings. The monoisotopic (exact) mass is 513 g/mol. The maximum atomic E-state index is 13.7. The first-order valence-electron chi connectivity index (χ1n) is 12.2. The van der Waals surface area contributed by atoms with E-state index in [1.165, 1.54) is 16.9 Å². The number of aromatic nitrogens is 1. The molecule has 2 saturated heterocycles. The molecule has 5 rings (SSSR count). The minimum absolute atomic E-state index is 0.0341. The third-order valence-corrected chi connectivity index (χ3v) is 9.89. The first kappa shape index (κ1) is 24.4. The molecule has 1 amide bonds. The van der Waals surface area contributed by atoms with Crippen molar-refractivity contribution in [3.05, 3.63) is 53.1 Å². The lowest BCUT2D eigenvalue weighted by Crippen LogP contribution is -2.37. The first-order valence-corrected chi connectivity index (χ1v) is 14.5. The molecule has 1 atom stereocenters. The van der Waals surface area contributed by atoms with Gasteiger partial charge in [-0.05, 0) is 87.1 Å². The van der Waals surface area contributed by atoms with Crippen LogP contribution in [-0.4, -0.2) is 56.0 Å². The molecule has 7 nitrogen and oxygen atoms in total. The standard InChI is InChI=1S/C26H31N3O4S2/c1-18-15-23-24(16-19(18)2)34-26(27-23)29(17-21-7-6-14-33-21)25(30)20-8-10-22(11-9-20)35(31,32)28-12-4-3-5-13-28/h8-11,15-16,21H,3-7,12-14,17H2,1-2H3. The van der Waals surface area contributed by atoms with Gasteiger partial charge < -0.3 is 4.74 Å². The average molecular weight is 514 g/mol. The molecular weight excluding hydrogens is 482 g/mol. The van der Waals surface area contributed by atoms with E-state index < -0.39 is 10.0 Å². The van der Waals surface area contributed by atoms with Crippen LogP contribution in [0.1, 0.15) is 53.6 Å². The Bertz CT molecular complexity index is 1280. The van der Waals surface area contributed by atoms with E-state index in [0.29, 0.717) is 36.9 Å². The number of benzene rings is 2. The third-order valence-electron chi connectivity index (χ3n) is 6.93. The topological polar surface area (TPSA) is 79.8 Å². The number of piperidine rings is 1. The Kier molecular flexibility index (Phi) is 6.94. The number of fused-ring (bicyclic) bond motifs is 1. The fourth-order valence-corrected chi connectivity index (χ4v) is 7.27. The van der Waals surface area contributed by atoms with E-state index >= 15 is 0 Å². The summed E-state index contributed by atoms with van der Waals surface area (Å²) in [4.78, 5) is 20.4. The van der Waals surface area contributed by atoms with E-state index in [1.54, 1.807) is 33.5 Å². The molecule has 3 aromatic rings.